The van der Waals surface area contributed by atoms with Crippen molar-refractivity contribution < 1.29 is 9.84 Å². The third-order valence-electron chi connectivity index (χ3n) is 3.89. The molecule has 1 fully saturated rings. The smallest absolute Gasteiger partial charge is 0.160 e. The standard InChI is InChI=1S/C16H26N2O2/c1-12(10-13-6-4-3-5-9-17-13)18-14-7-8-16(20-2)15(19)11-14/h7-8,11-13,17-19H,3-6,9-10H2,1-2H3. The normalized spacial score (nSPS) is 21.0. The predicted octanol–water partition coefficient (Wildman–Crippen LogP) is 3.12. The quantitative estimate of drug-likeness (QED) is 0.774. The highest BCUT2D eigenvalue weighted by Gasteiger charge is 2.15. The van der Waals surface area contributed by atoms with E-state index in [1.54, 1.807) is 19.2 Å². The molecule has 1 aromatic carbocycles. The van der Waals surface area contributed by atoms with Crippen LogP contribution < -0.4 is 15.4 Å². The minimum atomic E-state index is 0.178. The van der Waals surface area contributed by atoms with Gasteiger partial charge >= 0.3 is 0 Å². The number of phenolic OH excluding ortho intramolecular Hbond substituents is 1. The lowest BCUT2D eigenvalue weighted by Crippen LogP contribution is -2.33. The molecule has 1 saturated heterocycles. The van der Waals surface area contributed by atoms with Crippen molar-refractivity contribution >= 4 is 5.69 Å². The Labute approximate surface area is 121 Å². The Hall–Kier alpha value is -1.42. The Bertz CT molecular complexity index is 415. The van der Waals surface area contributed by atoms with Crippen molar-refractivity contribution in [2.45, 2.75) is 51.1 Å². The van der Waals surface area contributed by atoms with Crippen LogP contribution in [0.15, 0.2) is 18.2 Å². The molecule has 0 saturated carbocycles. The van der Waals surface area contributed by atoms with Gasteiger partial charge in [0, 0.05) is 23.8 Å². The molecule has 4 nitrogen and oxygen atoms in total. The average Bonchev–Trinajstić information content (AvgIpc) is 2.67. The number of nitrogens with one attached hydrogen (secondary N) is 2. The van der Waals surface area contributed by atoms with Crippen LogP contribution in [-0.4, -0.2) is 30.8 Å². The molecule has 0 spiro atoms. The second kappa shape index (κ2) is 7.39. The molecule has 2 rings (SSSR count). The number of methoxy groups -OCH3 is 1. The van der Waals surface area contributed by atoms with Crippen LogP contribution >= 0.6 is 0 Å². The topological polar surface area (TPSA) is 53.5 Å². The molecule has 1 aromatic rings. The molecule has 0 aromatic heterocycles. The van der Waals surface area contributed by atoms with E-state index in [2.05, 4.69) is 17.6 Å². The Morgan fingerprint density at radius 1 is 1.40 bits per heavy atom. The Balaban J connectivity index is 1.87. The molecule has 0 aliphatic carbocycles. The number of hydrogen-bond acceptors (Lipinski definition) is 4. The van der Waals surface area contributed by atoms with Crippen molar-refractivity contribution in [2.24, 2.45) is 0 Å². The lowest BCUT2D eigenvalue weighted by atomic mass is 10.0. The van der Waals surface area contributed by atoms with E-state index in [1.165, 1.54) is 25.7 Å². The summed E-state index contributed by atoms with van der Waals surface area (Å²) in [6.07, 6.45) is 6.34. The summed E-state index contributed by atoms with van der Waals surface area (Å²) in [6, 6.07) is 6.42. The molecule has 1 heterocycles. The van der Waals surface area contributed by atoms with Crippen molar-refractivity contribution in [3.8, 4) is 11.5 Å². The lowest BCUT2D eigenvalue weighted by molar-refractivity contribution is 0.373. The van der Waals surface area contributed by atoms with Gasteiger partial charge in [-0.1, -0.05) is 12.8 Å². The van der Waals surface area contributed by atoms with Crippen LogP contribution in [0.4, 0.5) is 5.69 Å². The third-order valence-corrected chi connectivity index (χ3v) is 3.89. The summed E-state index contributed by atoms with van der Waals surface area (Å²) in [4.78, 5) is 0. The minimum absolute atomic E-state index is 0.178. The zero-order valence-corrected chi connectivity index (χ0v) is 12.5. The fourth-order valence-corrected chi connectivity index (χ4v) is 2.85. The van der Waals surface area contributed by atoms with Crippen LogP contribution in [0.3, 0.4) is 0 Å². The molecule has 20 heavy (non-hydrogen) atoms. The monoisotopic (exact) mass is 278 g/mol. The van der Waals surface area contributed by atoms with Gasteiger partial charge in [0.1, 0.15) is 0 Å². The predicted molar refractivity (Wildman–Crippen MR) is 82.6 cm³/mol. The van der Waals surface area contributed by atoms with E-state index in [4.69, 9.17) is 4.74 Å². The summed E-state index contributed by atoms with van der Waals surface area (Å²) >= 11 is 0. The second-order valence-electron chi connectivity index (χ2n) is 5.67. The molecule has 1 aliphatic rings. The van der Waals surface area contributed by atoms with Gasteiger partial charge in [-0.15, -0.1) is 0 Å². The highest BCUT2D eigenvalue weighted by atomic mass is 16.5. The summed E-state index contributed by atoms with van der Waals surface area (Å²) in [7, 11) is 1.56. The molecule has 2 atom stereocenters. The van der Waals surface area contributed by atoms with Gasteiger partial charge in [-0.25, -0.2) is 0 Å². The van der Waals surface area contributed by atoms with E-state index in [-0.39, 0.29) is 5.75 Å². The summed E-state index contributed by atoms with van der Waals surface area (Å²) in [5.74, 6) is 0.686. The van der Waals surface area contributed by atoms with E-state index in [0.717, 1.165) is 18.7 Å². The fourth-order valence-electron chi connectivity index (χ4n) is 2.85. The third kappa shape index (κ3) is 4.30. The number of anilines is 1. The van der Waals surface area contributed by atoms with Gasteiger partial charge in [-0.2, -0.15) is 0 Å². The number of aromatic hydroxyl groups is 1. The van der Waals surface area contributed by atoms with Crippen LogP contribution in [0, 0.1) is 0 Å². The Kier molecular flexibility index (Phi) is 5.53. The molecular weight excluding hydrogens is 252 g/mol. The lowest BCUT2D eigenvalue weighted by Gasteiger charge is -2.22. The Morgan fingerprint density at radius 2 is 2.25 bits per heavy atom. The van der Waals surface area contributed by atoms with Gasteiger partial charge in [-0.3, -0.25) is 0 Å². The van der Waals surface area contributed by atoms with Crippen LogP contribution in [0.5, 0.6) is 11.5 Å². The summed E-state index contributed by atoms with van der Waals surface area (Å²) in [6.45, 7) is 3.33. The number of rotatable bonds is 5. The number of benzene rings is 1. The van der Waals surface area contributed by atoms with Crippen LogP contribution in [0.2, 0.25) is 0 Å². The zero-order valence-electron chi connectivity index (χ0n) is 12.5. The first-order chi connectivity index (χ1) is 9.69. The molecule has 0 radical (unpaired) electrons. The largest absolute Gasteiger partial charge is 0.504 e. The maximum atomic E-state index is 9.79. The van der Waals surface area contributed by atoms with Gasteiger partial charge < -0.3 is 20.5 Å². The molecule has 1 aliphatic heterocycles. The van der Waals surface area contributed by atoms with Crippen LogP contribution in [0.25, 0.3) is 0 Å². The van der Waals surface area contributed by atoms with Gasteiger partial charge in [0.25, 0.3) is 0 Å². The van der Waals surface area contributed by atoms with Crippen LogP contribution in [0.1, 0.15) is 39.0 Å². The first-order valence-corrected chi connectivity index (χ1v) is 7.56. The molecule has 112 valence electrons. The highest BCUT2D eigenvalue weighted by molar-refractivity contribution is 5.54. The molecule has 3 N–H and O–H groups in total. The van der Waals surface area contributed by atoms with Crippen molar-refractivity contribution in [1.82, 2.24) is 5.32 Å². The van der Waals surface area contributed by atoms with Gasteiger partial charge in [-0.05, 0) is 44.9 Å². The number of hydrogen-bond donors (Lipinski definition) is 3. The first kappa shape index (κ1) is 15.0. The molecule has 4 heteroatoms. The number of phenols is 1. The summed E-state index contributed by atoms with van der Waals surface area (Å²) in [5.41, 5.74) is 0.935. The van der Waals surface area contributed by atoms with Crippen molar-refractivity contribution in [1.29, 1.82) is 0 Å². The maximum absolute atomic E-state index is 9.79. The van der Waals surface area contributed by atoms with Crippen molar-refractivity contribution in [3.05, 3.63) is 18.2 Å². The van der Waals surface area contributed by atoms with E-state index in [1.807, 2.05) is 6.07 Å². The van der Waals surface area contributed by atoms with E-state index < -0.39 is 0 Å². The zero-order chi connectivity index (χ0) is 14.4. The second-order valence-corrected chi connectivity index (χ2v) is 5.67. The number of ether oxygens (including phenoxy) is 1. The SMILES string of the molecule is COc1ccc(NC(C)CC2CCCCCN2)cc1O. The molecule has 0 amide bonds. The average molecular weight is 278 g/mol. The van der Waals surface area contributed by atoms with Crippen molar-refractivity contribution in [2.75, 3.05) is 19.0 Å². The fraction of sp³-hybridized carbons (Fsp3) is 0.625. The molecular formula is C16H26N2O2. The van der Waals surface area contributed by atoms with Crippen molar-refractivity contribution in [3.63, 3.8) is 0 Å². The Morgan fingerprint density at radius 3 is 3.00 bits per heavy atom. The van der Waals surface area contributed by atoms with Gasteiger partial charge in [0.15, 0.2) is 11.5 Å². The van der Waals surface area contributed by atoms with E-state index in [9.17, 15) is 5.11 Å². The highest BCUT2D eigenvalue weighted by Crippen LogP contribution is 2.29. The molecule has 2 unspecified atom stereocenters. The summed E-state index contributed by atoms with van der Waals surface area (Å²) < 4.78 is 5.05. The summed E-state index contributed by atoms with van der Waals surface area (Å²) in [5, 5.41) is 16.9. The van der Waals surface area contributed by atoms with Gasteiger partial charge in [0.05, 0.1) is 7.11 Å². The van der Waals surface area contributed by atoms with E-state index in [0.29, 0.717) is 17.8 Å². The van der Waals surface area contributed by atoms with E-state index >= 15 is 0 Å². The minimum Gasteiger partial charge on any atom is -0.504 e. The van der Waals surface area contributed by atoms with Crippen LogP contribution in [-0.2, 0) is 0 Å². The first-order valence-electron chi connectivity index (χ1n) is 7.56. The maximum Gasteiger partial charge on any atom is 0.160 e. The molecule has 0 bridgehead atoms. The van der Waals surface area contributed by atoms with Gasteiger partial charge in [0.2, 0.25) is 0 Å².